The summed E-state index contributed by atoms with van der Waals surface area (Å²) in [6.07, 6.45) is 1.33. The summed E-state index contributed by atoms with van der Waals surface area (Å²) < 4.78 is 7.58. The van der Waals surface area contributed by atoms with Crippen LogP contribution in [0.15, 0.2) is 35.3 Å². The minimum absolute atomic E-state index is 0.0786. The Balaban J connectivity index is 1.85. The molecule has 29 heavy (non-hydrogen) atoms. The van der Waals surface area contributed by atoms with Crippen LogP contribution in [0.5, 0.6) is 5.75 Å². The smallest absolute Gasteiger partial charge is 0.405 e. The summed E-state index contributed by atoms with van der Waals surface area (Å²) >= 11 is 0. The Kier molecular flexibility index (Phi) is 5.50. The minimum Gasteiger partial charge on any atom is -0.493 e. The molecule has 0 spiro atoms. The molecule has 7 heteroatoms. The van der Waals surface area contributed by atoms with E-state index < -0.39 is 11.6 Å². The molecule has 0 aliphatic rings. The summed E-state index contributed by atoms with van der Waals surface area (Å²) in [6, 6.07) is 7.60. The van der Waals surface area contributed by atoms with Crippen molar-refractivity contribution in [2.24, 2.45) is 13.0 Å². The van der Waals surface area contributed by atoms with Crippen molar-refractivity contribution < 1.29 is 14.6 Å². The van der Waals surface area contributed by atoms with E-state index in [4.69, 9.17) is 9.84 Å². The van der Waals surface area contributed by atoms with Gasteiger partial charge in [0.2, 0.25) is 0 Å². The van der Waals surface area contributed by atoms with Crippen molar-refractivity contribution >= 4 is 27.8 Å². The Labute approximate surface area is 169 Å². The Morgan fingerprint density at radius 3 is 2.72 bits per heavy atom. The lowest BCUT2D eigenvalue weighted by Gasteiger charge is -2.28. The average molecular weight is 397 g/mol. The van der Waals surface area contributed by atoms with Gasteiger partial charge in [0.25, 0.3) is 5.56 Å². The van der Waals surface area contributed by atoms with Crippen molar-refractivity contribution in [3.8, 4) is 5.75 Å². The number of fused-ring (bicyclic) bond motifs is 3. The van der Waals surface area contributed by atoms with Crippen LogP contribution in [0.2, 0.25) is 0 Å². The molecule has 1 aromatic carbocycles. The van der Waals surface area contributed by atoms with Crippen LogP contribution in [0.1, 0.15) is 32.9 Å². The first-order valence-electron chi connectivity index (χ1n) is 9.61. The highest BCUT2D eigenvalue weighted by atomic mass is 16.5. The Morgan fingerprint density at radius 2 is 2.03 bits per heavy atom. The van der Waals surface area contributed by atoms with Gasteiger partial charge in [-0.2, -0.15) is 0 Å². The van der Waals surface area contributed by atoms with Gasteiger partial charge in [-0.05, 0) is 56.7 Å². The van der Waals surface area contributed by atoms with E-state index in [9.17, 15) is 9.59 Å². The number of benzene rings is 1. The molecule has 1 atom stereocenters. The molecule has 0 saturated heterocycles. The van der Waals surface area contributed by atoms with Crippen molar-refractivity contribution in [3.63, 3.8) is 0 Å². The maximum atomic E-state index is 12.8. The molecular formula is C22H27N3O4. The van der Waals surface area contributed by atoms with Gasteiger partial charge in [0.15, 0.2) is 0 Å². The molecule has 1 amide bonds. The molecular weight excluding hydrogens is 370 g/mol. The van der Waals surface area contributed by atoms with Gasteiger partial charge in [-0.1, -0.05) is 6.92 Å². The molecule has 0 saturated carbocycles. The second-order valence-corrected chi connectivity index (χ2v) is 8.30. The zero-order chi connectivity index (χ0) is 21.3. The maximum absolute atomic E-state index is 12.8. The number of aromatic nitrogens is 2. The van der Waals surface area contributed by atoms with Crippen LogP contribution >= 0.6 is 0 Å². The van der Waals surface area contributed by atoms with Crippen LogP contribution in [0.3, 0.4) is 0 Å². The van der Waals surface area contributed by atoms with Crippen LogP contribution < -0.4 is 15.6 Å². The van der Waals surface area contributed by atoms with Gasteiger partial charge in [-0.3, -0.25) is 9.78 Å². The molecule has 2 aromatic heterocycles. The summed E-state index contributed by atoms with van der Waals surface area (Å²) in [6.45, 7) is 8.01. The molecule has 3 rings (SSSR count). The van der Waals surface area contributed by atoms with E-state index in [1.54, 1.807) is 17.8 Å². The summed E-state index contributed by atoms with van der Waals surface area (Å²) in [5.74, 6) is 0.815. The molecule has 0 aliphatic carbocycles. The van der Waals surface area contributed by atoms with Crippen LogP contribution in [0.4, 0.5) is 4.79 Å². The molecule has 0 fully saturated rings. The SMILES string of the molecule is Cc1nccc2c1c(=O)n(C)c1cc(OCC(C)CC(C)(C)NC(=O)O)ccc21. The molecule has 0 bridgehead atoms. The monoisotopic (exact) mass is 397 g/mol. The van der Waals surface area contributed by atoms with Crippen LogP contribution in [-0.2, 0) is 7.05 Å². The Morgan fingerprint density at radius 1 is 1.31 bits per heavy atom. The number of hydrogen-bond acceptors (Lipinski definition) is 4. The van der Waals surface area contributed by atoms with Crippen molar-refractivity contribution in [2.75, 3.05) is 6.61 Å². The van der Waals surface area contributed by atoms with Gasteiger partial charge in [0, 0.05) is 30.2 Å². The van der Waals surface area contributed by atoms with Crippen molar-refractivity contribution in [1.82, 2.24) is 14.9 Å². The zero-order valence-corrected chi connectivity index (χ0v) is 17.4. The third-order valence-corrected chi connectivity index (χ3v) is 5.12. The van der Waals surface area contributed by atoms with E-state index in [-0.39, 0.29) is 11.5 Å². The van der Waals surface area contributed by atoms with E-state index in [1.807, 2.05) is 52.0 Å². The predicted octanol–water partition coefficient (Wildman–Crippen LogP) is 3.85. The van der Waals surface area contributed by atoms with Gasteiger partial charge in [0.05, 0.1) is 23.2 Å². The number of nitrogens with one attached hydrogen (secondary N) is 1. The Bertz CT molecular complexity index is 1130. The highest BCUT2D eigenvalue weighted by Crippen LogP contribution is 2.27. The number of amides is 1. The number of nitrogens with zero attached hydrogens (tertiary/aromatic N) is 2. The van der Waals surface area contributed by atoms with Gasteiger partial charge >= 0.3 is 6.09 Å². The zero-order valence-electron chi connectivity index (χ0n) is 17.4. The quantitative estimate of drug-likeness (QED) is 0.616. The van der Waals surface area contributed by atoms with E-state index in [0.29, 0.717) is 24.2 Å². The van der Waals surface area contributed by atoms with Gasteiger partial charge in [-0.25, -0.2) is 4.79 Å². The average Bonchev–Trinajstić information content (AvgIpc) is 2.62. The van der Waals surface area contributed by atoms with Crippen molar-refractivity contribution in [2.45, 2.75) is 39.7 Å². The third kappa shape index (κ3) is 4.34. The first-order valence-corrected chi connectivity index (χ1v) is 9.61. The Hall–Kier alpha value is -3.09. The molecule has 2 heterocycles. The fourth-order valence-corrected chi connectivity index (χ4v) is 3.95. The molecule has 154 valence electrons. The number of carboxylic acid groups (broad SMARTS) is 1. The first-order chi connectivity index (χ1) is 13.6. The fourth-order valence-electron chi connectivity index (χ4n) is 3.95. The molecule has 7 nitrogen and oxygen atoms in total. The van der Waals surface area contributed by atoms with E-state index in [2.05, 4.69) is 10.3 Å². The van der Waals surface area contributed by atoms with Gasteiger partial charge < -0.3 is 19.7 Å². The summed E-state index contributed by atoms with van der Waals surface area (Å²) in [5.41, 5.74) is 0.903. The number of rotatable bonds is 6. The van der Waals surface area contributed by atoms with Crippen LogP contribution in [0.25, 0.3) is 21.7 Å². The lowest BCUT2D eigenvalue weighted by molar-refractivity contribution is 0.169. The lowest BCUT2D eigenvalue weighted by Crippen LogP contribution is -2.44. The number of ether oxygens (including phenoxy) is 1. The highest BCUT2D eigenvalue weighted by molar-refractivity contribution is 6.06. The summed E-state index contributed by atoms with van der Waals surface area (Å²) in [4.78, 5) is 28.0. The third-order valence-electron chi connectivity index (χ3n) is 5.12. The molecule has 0 aliphatic heterocycles. The molecule has 1 unspecified atom stereocenters. The van der Waals surface area contributed by atoms with E-state index >= 15 is 0 Å². The number of carbonyl (C=O) groups is 1. The number of aryl methyl sites for hydroxylation is 2. The summed E-state index contributed by atoms with van der Waals surface area (Å²) in [7, 11) is 1.75. The van der Waals surface area contributed by atoms with Crippen molar-refractivity contribution in [3.05, 3.63) is 46.5 Å². The standard InChI is InChI=1S/C22H27N3O4/c1-13(11-22(3,4)24-21(27)28)12-29-15-6-7-16-17-8-9-23-14(2)19(17)20(26)25(5)18(16)10-15/h6-10,13,24H,11-12H2,1-5H3,(H,27,28). The topological polar surface area (TPSA) is 93.5 Å². The number of pyridine rings is 2. The summed E-state index contributed by atoms with van der Waals surface area (Å²) in [5, 5.41) is 14.0. The van der Waals surface area contributed by atoms with Gasteiger partial charge in [0.1, 0.15) is 5.75 Å². The second-order valence-electron chi connectivity index (χ2n) is 8.30. The molecule has 2 N–H and O–H groups in total. The van der Waals surface area contributed by atoms with Gasteiger partial charge in [-0.15, -0.1) is 0 Å². The van der Waals surface area contributed by atoms with Crippen molar-refractivity contribution in [1.29, 1.82) is 0 Å². The first kappa shape index (κ1) is 20.6. The predicted molar refractivity (Wildman–Crippen MR) is 114 cm³/mol. The molecule has 0 radical (unpaired) electrons. The normalized spacial score (nSPS) is 12.9. The van der Waals surface area contributed by atoms with E-state index in [1.165, 1.54) is 0 Å². The number of hydrogen-bond donors (Lipinski definition) is 2. The largest absolute Gasteiger partial charge is 0.493 e. The molecule has 3 aromatic rings. The fraction of sp³-hybridized carbons (Fsp3) is 0.409. The maximum Gasteiger partial charge on any atom is 0.405 e. The van der Waals surface area contributed by atoms with E-state index in [0.717, 1.165) is 22.0 Å². The highest BCUT2D eigenvalue weighted by Gasteiger charge is 2.23. The minimum atomic E-state index is -1.03. The van der Waals surface area contributed by atoms with Crippen LogP contribution in [0, 0.1) is 12.8 Å². The lowest BCUT2D eigenvalue weighted by atomic mass is 9.92. The van der Waals surface area contributed by atoms with Crippen LogP contribution in [-0.4, -0.2) is 32.9 Å². The second kappa shape index (κ2) is 7.73.